The minimum absolute atomic E-state index is 0. The Balaban J connectivity index is 0.00000140. The van der Waals surface area contributed by atoms with Crippen LogP contribution < -0.4 is 28.1 Å². The average molecular weight is 491 g/mol. The van der Waals surface area contributed by atoms with Crippen molar-refractivity contribution in [2.75, 3.05) is 0 Å². The summed E-state index contributed by atoms with van der Waals surface area (Å²) in [5, 5.41) is 0. The first-order chi connectivity index (χ1) is 12.4. The number of aryl methyl sites for hydroxylation is 3. The predicted octanol–water partition coefficient (Wildman–Crippen LogP) is -0.201. The van der Waals surface area contributed by atoms with E-state index in [0.717, 1.165) is 6.42 Å². The molecule has 0 saturated carbocycles. The van der Waals surface area contributed by atoms with Crippen LogP contribution in [0.4, 0.5) is 0 Å². The second kappa shape index (κ2) is 8.95. The van der Waals surface area contributed by atoms with Gasteiger partial charge in [-0.2, -0.15) is 0 Å². The summed E-state index contributed by atoms with van der Waals surface area (Å²) in [7, 11) is 0. The summed E-state index contributed by atoms with van der Waals surface area (Å²) < 4.78 is 5.17. The largest absolute Gasteiger partial charge is 1.00 e. The minimum Gasteiger partial charge on any atom is -1.00 e. The Hall–Kier alpha value is -0.747. The van der Waals surface area contributed by atoms with Gasteiger partial charge in [-0.15, -0.1) is 0 Å². The molecule has 0 spiro atoms. The van der Waals surface area contributed by atoms with Crippen molar-refractivity contribution in [3.8, 4) is 11.1 Å². The van der Waals surface area contributed by atoms with Crippen LogP contribution in [-0.4, -0.2) is 3.21 Å². The van der Waals surface area contributed by atoms with Gasteiger partial charge in [0.2, 0.25) is 0 Å². The van der Waals surface area contributed by atoms with E-state index in [9.17, 15) is 0 Å². The third kappa shape index (κ3) is 3.83. The van der Waals surface area contributed by atoms with Gasteiger partial charge >= 0.3 is 166 Å². The molecule has 146 valence electrons. The maximum Gasteiger partial charge on any atom is -1.00 e. The van der Waals surface area contributed by atoms with E-state index in [1.165, 1.54) is 34.2 Å². The maximum absolute atomic E-state index is 2.51. The topological polar surface area (TPSA) is 0 Å². The molecule has 2 aliphatic carbocycles. The van der Waals surface area contributed by atoms with Crippen molar-refractivity contribution < 1.29 is 46.1 Å². The molecule has 0 aliphatic heterocycles. The zero-order valence-corrected chi connectivity index (χ0v) is 21.6. The molecule has 0 fully saturated rings. The van der Waals surface area contributed by atoms with Crippen LogP contribution in [0.15, 0.2) is 39.7 Å². The van der Waals surface area contributed by atoms with Crippen LogP contribution in [0.1, 0.15) is 53.6 Å². The number of rotatable bonds is 2. The molecule has 0 amide bonds. The molecular formula is C25H28Cl2Zr. The van der Waals surface area contributed by atoms with Crippen molar-refractivity contribution in [3.63, 3.8) is 0 Å². The molecule has 0 aromatic heterocycles. The molecule has 0 nitrogen and oxygen atoms in total. The Kier molecular flexibility index (Phi) is 7.52. The van der Waals surface area contributed by atoms with E-state index in [4.69, 9.17) is 0 Å². The van der Waals surface area contributed by atoms with Gasteiger partial charge in [0.15, 0.2) is 0 Å². The van der Waals surface area contributed by atoms with Crippen LogP contribution in [0.3, 0.4) is 0 Å². The molecule has 0 bridgehead atoms. The number of allylic oxidation sites excluding steroid dienone is 4. The fourth-order valence-corrected chi connectivity index (χ4v) is 12.4. The van der Waals surface area contributed by atoms with Crippen molar-refractivity contribution in [3.05, 3.63) is 73.1 Å². The number of hydrogen-bond acceptors (Lipinski definition) is 0. The molecular weight excluding hydrogens is 462 g/mol. The number of halogens is 2. The number of hydrogen-bond donors (Lipinski definition) is 0. The monoisotopic (exact) mass is 488 g/mol. The third-order valence-electron chi connectivity index (χ3n) is 6.01. The van der Waals surface area contributed by atoms with Gasteiger partial charge in [-0.3, -0.25) is 0 Å². The fraction of sp³-hybridized carbons (Fsp3) is 0.320. The number of benzene rings is 2. The first kappa shape index (κ1) is 23.5. The second-order valence-electron chi connectivity index (χ2n) is 8.20. The van der Waals surface area contributed by atoms with E-state index in [1.807, 2.05) is 0 Å². The van der Waals surface area contributed by atoms with Crippen molar-refractivity contribution in [1.82, 2.24) is 0 Å². The normalized spacial score (nSPS) is 13.0. The summed E-state index contributed by atoms with van der Waals surface area (Å²) in [6.45, 7) is 14.0. The van der Waals surface area contributed by atoms with E-state index in [-0.39, 0.29) is 24.8 Å². The van der Waals surface area contributed by atoms with Gasteiger partial charge in [0.05, 0.1) is 0 Å². The van der Waals surface area contributed by atoms with Gasteiger partial charge in [-0.1, -0.05) is 0 Å². The summed E-state index contributed by atoms with van der Waals surface area (Å²) in [5.41, 5.74) is 12.1. The first-order valence-corrected chi connectivity index (χ1v) is 13.3. The van der Waals surface area contributed by atoms with E-state index in [1.54, 1.807) is 26.4 Å². The summed E-state index contributed by atoms with van der Waals surface area (Å²) >= 11 is -1.94. The quantitative estimate of drug-likeness (QED) is 0.467. The van der Waals surface area contributed by atoms with Crippen LogP contribution >= 0.6 is 0 Å². The molecule has 3 heteroatoms. The minimum atomic E-state index is -1.94. The Morgan fingerprint density at radius 1 is 0.857 bits per heavy atom. The Labute approximate surface area is 190 Å². The van der Waals surface area contributed by atoms with Gasteiger partial charge < -0.3 is 24.8 Å². The summed E-state index contributed by atoms with van der Waals surface area (Å²) in [5.74, 6) is 0. The summed E-state index contributed by atoms with van der Waals surface area (Å²) in [6, 6.07) is 7.25. The van der Waals surface area contributed by atoms with E-state index < -0.39 is 21.3 Å². The third-order valence-corrected chi connectivity index (χ3v) is 14.1. The molecule has 28 heavy (non-hydrogen) atoms. The zero-order valence-electron chi connectivity index (χ0n) is 17.6. The van der Waals surface area contributed by atoms with Crippen LogP contribution in [0.5, 0.6) is 0 Å². The maximum atomic E-state index is 2.51. The average Bonchev–Trinajstić information content (AvgIpc) is 3.19. The van der Waals surface area contributed by atoms with Crippen LogP contribution in [0.2, 0.25) is 0 Å². The van der Waals surface area contributed by atoms with E-state index in [0.29, 0.717) is 0 Å². The molecule has 2 aromatic rings. The van der Waals surface area contributed by atoms with E-state index in [2.05, 4.69) is 78.0 Å². The van der Waals surface area contributed by atoms with E-state index >= 15 is 0 Å². The Morgan fingerprint density at radius 3 is 2.14 bits per heavy atom. The molecule has 0 N–H and O–H groups in total. The summed E-state index contributed by atoms with van der Waals surface area (Å²) in [6.07, 6.45) is 9.30. The smallest absolute Gasteiger partial charge is 1.00 e. The zero-order chi connectivity index (χ0) is 18.6. The van der Waals surface area contributed by atoms with Crippen molar-refractivity contribution in [2.45, 2.75) is 54.4 Å². The van der Waals surface area contributed by atoms with Gasteiger partial charge in [-0.05, 0) is 0 Å². The molecule has 2 aliphatic rings. The molecule has 0 atom stereocenters. The van der Waals surface area contributed by atoms with Gasteiger partial charge in [-0.25, -0.2) is 0 Å². The second-order valence-corrected chi connectivity index (χ2v) is 15.3. The first-order valence-electron chi connectivity index (χ1n) is 9.66. The standard InChI is InChI=1S/C17H17.C5H5.C3H6.2ClH.Zr/c1-10-5-12(3)14-9-15-13(4)6-11(2)8-17(15)16(14)7-10;1-2-4-5-3-1;1-3-2;;;/h5,7-8H,9H2,1-4H3;1-3H,4H2;1-2H3;2*1H;/q;;;;;+2/p-2. The van der Waals surface area contributed by atoms with Gasteiger partial charge in [0.25, 0.3) is 0 Å². The van der Waals surface area contributed by atoms with Gasteiger partial charge in [0.1, 0.15) is 0 Å². The Morgan fingerprint density at radius 2 is 1.54 bits per heavy atom. The van der Waals surface area contributed by atoms with Gasteiger partial charge in [0, 0.05) is 0 Å². The van der Waals surface area contributed by atoms with Crippen molar-refractivity contribution in [2.24, 2.45) is 0 Å². The number of fused-ring (bicyclic) bond motifs is 3. The van der Waals surface area contributed by atoms with Crippen LogP contribution in [-0.2, 0) is 27.7 Å². The fourth-order valence-electron chi connectivity index (χ4n) is 4.89. The molecule has 0 unspecified atom stereocenters. The van der Waals surface area contributed by atoms with Crippen LogP contribution in [0, 0.1) is 27.7 Å². The van der Waals surface area contributed by atoms with Crippen LogP contribution in [0.25, 0.3) is 11.1 Å². The Bertz CT molecular complexity index is 1040. The summed E-state index contributed by atoms with van der Waals surface area (Å²) in [4.78, 5) is 0. The molecule has 0 heterocycles. The van der Waals surface area contributed by atoms with Crippen molar-refractivity contribution >= 4 is 6.48 Å². The molecule has 4 rings (SSSR count). The predicted molar refractivity (Wildman–Crippen MR) is 111 cm³/mol. The molecule has 2 aromatic carbocycles. The molecule has 0 radical (unpaired) electrons. The molecule has 0 saturated heterocycles. The van der Waals surface area contributed by atoms with Crippen molar-refractivity contribution in [1.29, 1.82) is 0 Å². The SMILES string of the molecule is C[C](C)=[Zr+2]([C]1=CC=CC1)[c]1c(C)cc2c(c1C)Cc1c(C)cc(C)cc1-2.[Cl-].[Cl-].